The van der Waals surface area contributed by atoms with Crippen LogP contribution in [0.4, 0.5) is 16.2 Å². The molecule has 0 spiro atoms. The van der Waals surface area contributed by atoms with Crippen LogP contribution in [0.5, 0.6) is 0 Å². The van der Waals surface area contributed by atoms with Gasteiger partial charge in [-0.3, -0.25) is 25.3 Å². The van der Waals surface area contributed by atoms with Crippen molar-refractivity contribution in [2.75, 3.05) is 10.2 Å². The number of nitrogens with one attached hydrogen (secondary N) is 2. The second-order valence-electron chi connectivity index (χ2n) is 7.63. The molecule has 0 bridgehead atoms. The predicted octanol–water partition coefficient (Wildman–Crippen LogP) is 4.95. The molecular formula is C21H20Cl2N4O3S. The molecule has 1 aliphatic heterocycles. The zero-order chi connectivity index (χ0) is 22.8. The maximum Gasteiger partial charge on any atom is 0.412 e. The van der Waals surface area contributed by atoms with E-state index in [1.54, 1.807) is 62.1 Å². The van der Waals surface area contributed by atoms with E-state index < -0.39 is 23.1 Å². The van der Waals surface area contributed by atoms with Gasteiger partial charge < -0.3 is 4.74 Å². The highest BCUT2D eigenvalue weighted by molar-refractivity contribution is 7.80. The number of nitrogens with zero attached hydrogens (tertiary/aromatic N) is 2. The molecule has 2 N–H and O–H groups in total. The molecule has 1 unspecified atom stereocenters. The highest BCUT2D eigenvalue weighted by Gasteiger charge is 2.34. The Labute approximate surface area is 195 Å². The van der Waals surface area contributed by atoms with Crippen LogP contribution in [0.1, 0.15) is 26.3 Å². The van der Waals surface area contributed by atoms with Gasteiger partial charge >= 0.3 is 6.09 Å². The second kappa shape index (κ2) is 9.21. The summed E-state index contributed by atoms with van der Waals surface area (Å²) in [4.78, 5) is 30.5. The first-order valence-electron chi connectivity index (χ1n) is 9.25. The van der Waals surface area contributed by atoms with Gasteiger partial charge in [0.2, 0.25) is 0 Å². The van der Waals surface area contributed by atoms with E-state index in [0.29, 0.717) is 22.0 Å². The summed E-state index contributed by atoms with van der Waals surface area (Å²) in [6, 6.07) is 8.56. The first-order chi connectivity index (χ1) is 14.5. The van der Waals surface area contributed by atoms with Crippen molar-refractivity contribution in [1.29, 1.82) is 0 Å². The van der Waals surface area contributed by atoms with Crippen molar-refractivity contribution in [3.8, 4) is 0 Å². The zero-order valence-corrected chi connectivity index (χ0v) is 19.3. The standard InChI is InChI=1S/C21H20Cl2N4O3S/c1-21(2,3)30-20(29)25-16-11-24-9-8-12(16)10-15-17(23)27(19(31)26-18(15)28)14-6-4-13(22)5-7-14/h4-11,17H,1-3H3,(H,25,29)(H,26,28,31). The Morgan fingerprint density at radius 1 is 1.29 bits per heavy atom. The number of hydrogen-bond donors (Lipinski definition) is 2. The molecule has 1 saturated heterocycles. The third kappa shape index (κ3) is 5.72. The van der Waals surface area contributed by atoms with Crippen molar-refractivity contribution in [2.24, 2.45) is 0 Å². The van der Waals surface area contributed by atoms with Crippen LogP contribution in [-0.4, -0.2) is 33.2 Å². The van der Waals surface area contributed by atoms with E-state index in [9.17, 15) is 9.59 Å². The Balaban J connectivity index is 1.93. The Morgan fingerprint density at radius 3 is 2.61 bits per heavy atom. The van der Waals surface area contributed by atoms with Crippen LogP contribution >= 0.6 is 35.4 Å². The maximum atomic E-state index is 12.6. The number of hydrogen-bond acceptors (Lipinski definition) is 5. The molecule has 1 aliphatic rings. The van der Waals surface area contributed by atoms with Gasteiger partial charge in [0.15, 0.2) is 5.11 Å². The van der Waals surface area contributed by atoms with E-state index in [0.717, 1.165) is 0 Å². The summed E-state index contributed by atoms with van der Waals surface area (Å²) in [6.45, 7) is 5.28. The van der Waals surface area contributed by atoms with E-state index in [1.807, 2.05) is 0 Å². The van der Waals surface area contributed by atoms with Crippen molar-refractivity contribution in [3.63, 3.8) is 0 Å². The number of rotatable bonds is 3. The molecule has 0 saturated carbocycles. The first kappa shape index (κ1) is 23.0. The molecule has 0 radical (unpaired) electrons. The quantitative estimate of drug-likeness (QED) is 0.281. The summed E-state index contributed by atoms with van der Waals surface area (Å²) in [5.74, 6) is -0.435. The number of anilines is 2. The molecule has 7 nitrogen and oxygen atoms in total. The lowest BCUT2D eigenvalue weighted by molar-refractivity contribution is -0.116. The average molecular weight is 479 g/mol. The predicted molar refractivity (Wildman–Crippen MR) is 126 cm³/mol. The number of thiocarbonyl (C=S) groups is 1. The Bertz CT molecular complexity index is 1050. The zero-order valence-electron chi connectivity index (χ0n) is 17.0. The maximum absolute atomic E-state index is 12.6. The number of aromatic nitrogens is 1. The van der Waals surface area contributed by atoms with Gasteiger partial charge in [-0.25, -0.2) is 4.79 Å². The minimum Gasteiger partial charge on any atom is -0.444 e. The van der Waals surface area contributed by atoms with Gasteiger partial charge in [0, 0.05) is 22.5 Å². The molecule has 10 heteroatoms. The average Bonchev–Trinajstić information content (AvgIpc) is 2.66. The van der Waals surface area contributed by atoms with Crippen LogP contribution in [0.2, 0.25) is 5.02 Å². The summed E-state index contributed by atoms with van der Waals surface area (Å²) in [7, 11) is 0. The number of carbonyl (C=O) groups is 2. The lowest BCUT2D eigenvalue weighted by atomic mass is 10.1. The summed E-state index contributed by atoms with van der Waals surface area (Å²) in [6.07, 6.45) is 3.94. The molecule has 0 aliphatic carbocycles. The Kier molecular flexibility index (Phi) is 6.83. The monoisotopic (exact) mass is 478 g/mol. The highest BCUT2D eigenvalue weighted by Crippen LogP contribution is 2.30. The van der Waals surface area contributed by atoms with Gasteiger partial charge in [-0.2, -0.15) is 0 Å². The van der Waals surface area contributed by atoms with Crippen molar-refractivity contribution >= 4 is 70.0 Å². The smallest absolute Gasteiger partial charge is 0.412 e. The lowest BCUT2D eigenvalue weighted by Gasteiger charge is -2.35. The van der Waals surface area contributed by atoms with E-state index >= 15 is 0 Å². The number of halogens is 2. The van der Waals surface area contributed by atoms with Crippen LogP contribution in [-0.2, 0) is 9.53 Å². The topological polar surface area (TPSA) is 83.6 Å². The fourth-order valence-corrected chi connectivity index (χ4v) is 3.64. The molecule has 1 fully saturated rings. The molecular weight excluding hydrogens is 459 g/mol. The number of alkyl halides is 1. The van der Waals surface area contributed by atoms with Crippen LogP contribution < -0.4 is 15.5 Å². The third-order valence-electron chi connectivity index (χ3n) is 4.09. The van der Waals surface area contributed by atoms with Gasteiger partial charge in [-0.1, -0.05) is 23.2 Å². The van der Waals surface area contributed by atoms with E-state index in [1.165, 1.54) is 12.4 Å². The largest absolute Gasteiger partial charge is 0.444 e. The minimum absolute atomic E-state index is 0.173. The first-order valence-corrected chi connectivity index (χ1v) is 10.5. The summed E-state index contributed by atoms with van der Waals surface area (Å²) >= 11 is 17.9. The molecule has 3 rings (SSSR count). The van der Waals surface area contributed by atoms with Crippen molar-refractivity contribution in [1.82, 2.24) is 10.3 Å². The summed E-state index contributed by atoms with van der Waals surface area (Å²) in [5, 5.41) is 6.02. The van der Waals surface area contributed by atoms with Gasteiger partial charge in [0.25, 0.3) is 5.91 Å². The summed E-state index contributed by atoms with van der Waals surface area (Å²) in [5.41, 5.74) is 0.257. The number of benzene rings is 1. The van der Waals surface area contributed by atoms with Crippen LogP contribution in [0, 0.1) is 0 Å². The Hall–Kier alpha value is -2.68. The molecule has 162 valence electrons. The second-order valence-corrected chi connectivity index (χ2v) is 8.87. The van der Waals surface area contributed by atoms with Gasteiger partial charge in [0.05, 0.1) is 17.5 Å². The minimum atomic E-state index is -0.884. The van der Waals surface area contributed by atoms with Crippen LogP contribution in [0.15, 0.2) is 48.3 Å². The van der Waals surface area contributed by atoms with Crippen LogP contribution in [0.25, 0.3) is 6.08 Å². The Morgan fingerprint density at radius 2 is 1.97 bits per heavy atom. The van der Waals surface area contributed by atoms with E-state index in [2.05, 4.69) is 15.6 Å². The number of ether oxygens (including phenoxy) is 1. The fourth-order valence-electron chi connectivity index (χ4n) is 2.78. The SMILES string of the molecule is CC(C)(C)OC(=O)Nc1cnccc1C=C1C(=O)NC(=S)N(c2ccc(Cl)cc2)C1Cl. The van der Waals surface area contributed by atoms with Gasteiger partial charge in [0.1, 0.15) is 11.1 Å². The third-order valence-corrected chi connectivity index (χ3v) is 5.07. The van der Waals surface area contributed by atoms with Crippen molar-refractivity contribution < 1.29 is 14.3 Å². The fraction of sp³-hybridized carbons (Fsp3) is 0.238. The van der Waals surface area contributed by atoms with E-state index in [4.69, 9.17) is 40.2 Å². The van der Waals surface area contributed by atoms with Crippen LogP contribution in [0.3, 0.4) is 0 Å². The highest BCUT2D eigenvalue weighted by atomic mass is 35.5. The molecule has 1 atom stereocenters. The van der Waals surface area contributed by atoms with Gasteiger partial charge in [-0.15, -0.1) is 0 Å². The molecule has 1 aromatic heterocycles. The number of carbonyl (C=O) groups excluding carboxylic acids is 2. The summed E-state index contributed by atoms with van der Waals surface area (Å²) < 4.78 is 5.29. The molecule has 31 heavy (non-hydrogen) atoms. The van der Waals surface area contributed by atoms with Crippen molar-refractivity contribution in [3.05, 3.63) is 58.9 Å². The number of pyridine rings is 1. The molecule has 2 heterocycles. The number of amides is 2. The lowest BCUT2D eigenvalue weighted by Crippen LogP contribution is -2.54. The van der Waals surface area contributed by atoms with E-state index in [-0.39, 0.29) is 10.7 Å². The normalized spacial score (nSPS) is 18.0. The van der Waals surface area contributed by atoms with Gasteiger partial charge in [-0.05, 0) is 69.4 Å². The molecule has 2 aromatic rings. The van der Waals surface area contributed by atoms with Crippen molar-refractivity contribution in [2.45, 2.75) is 31.9 Å². The molecule has 2 amide bonds. The molecule has 1 aromatic carbocycles.